The van der Waals surface area contributed by atoms with Crippen molar-refractivity contribution in [2.75, 3.05) is 0 Å². The van der Waals surface area contributed by atoms with E-state index in [4.69, 9.17) is 4.42 Å². The number of rotatable bonds is 3. The van der Waals surface area contributed by atoms with Crippen molar-refractivity contribution in [3.05, 3.63) is 70.0 Å². The zero-order valence-electron chi connectivity index (χ0n) is 13.9. The number of hydrogen-bond donors (Lipinski definition) is 2. The average Bonchev–Trinajstić information content (AvgIpc) is 3.19. The van der Waals surface area contributed by atoms with Crippen molar-refractivity contribution in [3.8, 4) is 0 Å². The summed E-state index contributed by atoms with van der Waals surface area (Å²) in [6.45, 7) is 6.43. The summed E-state index contributed by atoms with van der Waals surface area (Å²) in [7, 11) is 0. The Labute approximate surface area is 140 Å². The van der Waals surface area contributed by atoms with Gasteiger partial charge in [0.2, 0.25) is 0 Å². The van der Waals surface area contributed by atoms with Crippen LogP contribution in [0.15, 0.2) is 40.8 Å². The summed E-state index contributed by atoms with van der Waals surface area (Å²) in [6, 6.07) is 12.2. The van der Waals surface area contributed by atoms with Crippen LogP contribution in [-0.4, -0.2) is 5.91 Å². The quantitative estimate of drug-likeness (QED) is 0.775. The van der Waals surface area contributed by atoms with Gasteiger partial charge in [0.05, 0.1) is 0 Å². The third-order valence-electron chi connectivity index (χ3n) is 4.71. The van der Waals surface area contributed by atoms with Crippen LogP contribution in [0, 0.1) is 13.8 Å². The lowest BCUT2D eigenvalue weighted by Crippen LogP contribution is -2.22. The molecule has 4 heteroatoms. The van der Waals surface area contributed by atoms with E-state index in [1.165, 1.54) is 16.7 Å². The fraction of sp³-hybridized carbons (Fsp3) is 0.250. The molecule has 2 N–H and O–H groups in total. The van der Waals surface area contributed by atoms with Crippen molar-refractivity contribution in [1.29, 1.82) is 0 Å². The van der Waals surface area contributed by atoms with E-state index in [1.807, 2.05) is 19.1 Å². The number of amides is 1. The molecule has 0 saturated carbocycles. The lowest BCUT2D eigenvalue weighted by Gasteiger charge is -2.05. The molecule has 4 nitrogen and oxygen atoms in total. The molecule has 0 aliphatic carbocycles. The molecule has 24 heavy (non-hydrogen) atoms. The minimum Gasteiger partial charge on any atom is -0.451 e. The zero-order chi connectivity index (χ0) is 16.7. The summed E-state index contributed by atoms with van der Waals surface area (Å²) >= 11 is 0. The molecule has 2 heterocycles. The highest BCUT2D eigenvalue weighted by atomic mass is 16.3. The van der Waals surface area contributed by atoms with Crippen molar-refractivity contribution < 1.29 is 9.21 Å². The van der Waals surface area contributed by atoms with Gasteiger partial charge in [0, 0.05) is 25.0 Å². The highest BCUT2D eigenvalue weighted by Crippen LogP contribution is 2.23. The second-order valence-electron chi connectivity index (χ2n) is 6.47. The van der Waals surface area contributed by atoms with E-state index in [1.54, 1.807) is 0 Å². The van der Waals surface area contributed by atoms with Crippen LogP contribution in [0.25, 0.3) is 11.0 Å². The zero-order valence-corrected chi connectivity index (χ0v) is 13.9. The van der Waals surface area contributed by atoms with Gasteiger partial charge in [-0.05, 0) is 59.9 Å². The minimum absolute atomic E-state index is 0.180. The first-order valence-corrected chi connectivity index (χ1v) is 8.20. The fourth-order valence-electron chi connectivity index (χ4n) is 3.14. The van der Waals surface area contributed by atoms with E-state index in [0.717, 1.165) is 35.2 Å². The smallest absolute Gasteiger partial charge is 0.287 e. The number of furan rings is 1. The molecule has 0 saturated heterocycles. The monoisotopic (exact) mass is 320 g/mol. The summed E-state index contributed by atoms with van der Waals surface area (Å²) in [6.07, 6.45) is 0. The van der Waals surface area contributed by atoms with Crippen LogP contribution in [0.5, 0.6) is 0 Å². The molecule has 0 radical (unpaired) electrons. The maximum Gasteiger partial charge on any atom is 0.287 e. The van der Waals surface area contributed by atoms with Crippen molar-refractivity contribution in [3.63, 3.8) is 0 Å². The number of aryl methyl sites for hydroxylation is 2. The molecular weight excluding hydrogens is 300 g/mol. The van der Waals surface area contributed by atoms with Crippen LogP contribution in [0.2, 0.25) is 0 Å². The molecule has 122 valence electrons. The van der Waals surface area contributed by atoms with Gasteiger partial charge in [0.25, 0.3) is 5.91 Å². The summed E-state index contributed by atoms with van der Waals surface area (Å²) in [5, 5.41) is 7.24. The van der Waals surface area contributed by atoms with Crippen molar-refractivity contribution in [1.82, 2.24) is 10.6 Å². The van der Waals surface area contributed by atoms with E-state index in [9.17, 15) is 4.79 Å². The largest absolute Gasteiger partial charge is 0.451 e. The standard InChI is InChI=1S/C20H20N2O2/c1-12-5-16-8-19(24-18(16)6-13(12)2)20(23)22-9-14-3-4-15-10-21-11-17(15)7-14/h3-8,21H,9-11H2,1-2H3,(H,22,23). The number of carbonyl (C=O) groups excluding carboxylic acids is 1. The third kappa shape index (κ3) is 2.69. The Hall–Kier alpha value is -2.59. The van der Waals surface area contributed by atoms with Gasteiger partial charge in [0.1, 0.15) is 5.58 Å². The Bertz CT molecular complexity index is 901. The van der Waals surface area contributed by atoms with Gasteiger partial charge < -0.3 is 15.1 Å². The van der Waals surface area contributed by atoms with Crippen molar-refractivity contribution >= 4 is 16.9 Å². The molecule has 0 unspecified atom stereocenters. The Morgan fingerprint density at radius 3 is 2.75 bits per heavy atom. The van der Waals surface area contributed by atoms with Crippen LogP contribution < -0.4 is 10.6 Å². The molecule has 0 fully saturated rings. The third-order valence-corrected chi connectivity index (χ3v) is 4.71. The fourth-order valence-corrected chi connectivity index (χ4v) is 3.14. The minimum atomic E-state index is -0.180. The Balaban J connectivity index is 1.50. The summed E-state index contributed by atoms with van der Waals surface area (Å²) in [4.78, 5) is 12.4. The van der Waals surface area contributed by atoms with Gasteiger partial charge in [-0.25, -0.2) is 0 Å². The van der Waals surface area contributed by atoms with E-state index >= 15 is 0 Å². The molecule has 4 rings (SSSR count). The highest BCUT2D eigenvalue weighted by Gasteiger charge is 2.14. The number of benzene rings is 2. The SMILES string of the molecule is Cc1cc2cc(C(=O)NCc3ccc4c(c3)CNC4)oc2cc1C. The predicted octanol–water partition coefficient (Wildman–Crippen LogP) is 3.58. The van der Waals surface area contributed by atoms with Crippen LogP contribution in [0.4, 0.5) is 0 Å². The summed E-state index contributed by atoms with van der Waals surface area (Å²) in [5.41, 5.74) is 6.88. The Morgan fingerprint density at radius 1 is 1.08 bits per heavy atom. The Kier molecular flexibility index (Phi) is 3.62. The molecule has 0 atom stereocenters. The first kappa shape index (κ1) is 15.0. The molecule has 0 bridgehead atoms. The summed E-state index contributed by atoms with van der Waals surface area (Å²) in [5.74, 6) is 0.179. The lowest BCUT2D eigenvalue weighted by atomic mass is 10.1. The predicted molar refractivity (Wildman–Crippen MR) is 93.8 cm³/mol. The van der Waals surface area contributed by atoms with Crippen molar-refractivity contribution in [2.24, 2.45) is 0 Å². The number of carbonyl (C=O) groups is 1. The maximum atomic E-state index is 12.4. The first-order valence-electron chi connectivity index (χ1n) is 8.20. The van der Waals surface area contributed by atoms with Gasteiger partial charge >= 0.3 is 0 Å². The van der Waals surface area contributed by atoms with Crippen LogP contribution in [0.1, 0.15) is 38.4 Å². The molecule has 1 aliphatic heterocycles. The van der Waals surface area contributed by atoms with Crippen molar-refractivity contribution in [2.45, 2.75) is 33.5 Å². The number of hydrogen-bond acceptors (Lipinski definition) is 3. The average molecular weight is 320 g/mol. The second-order valence-corrected chi connectivity index (χ2v) is 6.47. The molecule has 1 aliphatic rings. The van der Waals surface area contributed by atoms with E-state index in [0.29, 0.717) is 12.3 Å². The van der Waals surface area contributed by atoms with Gasteiger partial charge in [0.15, 0.2) is 5.76 Å². The number of fused-ring (bicyclic) bond motifs is 2. The molecular formula is C20H20N2O2. The molecule has 2 aromatic carbocycles. The molecule has 1 aromatic heterocycles. The van der Waals surface area contributed by atoms with Gasteiger partial charge in [-0.15, -0.1) is 0 Å². The molecule has 1 amide bonds. The van der Waals surface area contributed by atoms with Gasteiger partial charge in [-0.3, -0.25) is 4.79 Å². The van der Waals surface area contributed by atoms with Gasteiger partial charge in [-0.1, -0.05) is 18.2 Å². The number of nitrogens with one attached hydrogen (secondary N) is 2. The summed E-state index contributed by atoms with van der Waals surface area (Å²) < 4.78 is 5.71. The maximum absolute atomic E-state index is 12.4. The lowest BCUT2D eigenvalue weighted by molar-refractivity contribution is 0.0925. The van der Waals surface area contributed by atoms with E-state index in [2.05, 4.69) is 41.8 Å². The highest BCUT2D eigenvalue weighted by molar-refractivity contribution is 5.96. The van der Waals surface area contributed by atoms with Crippen LogP contribution in [-0.2, 0) is 19.6 Å². The Morgan fingerprint density at radius 2 is 1.88 bits per heavy atom. The normalized spacial score (nSPS) is 13.2. The van der Waals surface area contributed by atoms with Crippen LogP contribution in [0.3, 0.4) is 0 Å². The van der Waals surface area contributed by atoms with E-state index in [-0.39, 0.29) is 5.91 Å². The van der Waals surface area contributed by atoms with E-state index < -0.39 is 0 Å². The first-order chi connectivity index (χ1) is 11.6. The topological polar surface area (TPSA) is 54.3 Å². The van der Waals surface area contributed by atoms with Crippen LogP contribution >= 0.6 is 0 Å². The molecule has 0 spiro atoms. The second kappa shape index (κ2) is 5.80. The molecule has 3 aromatic rings. The van der Waals surface area contributed by atoms with Gasteiger partial charge in [-0.2, -0.15) is 0 Å².